The molecule has 6 nitrogen and oxygen atoms in total. The summed E-state index contributed by atoms with van der Waals surface area (Å²) in [6.45, 7) is 0. The van der Waals surface area contributed by atoms with Crippen LogP contribution in [0.5, 0.6) is 5.75 Å². The lowest BCUT2D eigenvalue weighted by atomic mass is 10.1. The fourth-order valence-electron chi connectivity index (χ4n) is 1.17. The van der Waals surface area contributed by atoms with E-state index in [1.807, 2.05) is 0 Å². The molecule has 0 aliphatic rings. The van der Waals surface area contributed by atoms with Gasteiger partial charge in [-0.3, -0.25) is 0 Å². The van der Waals surface area contributed by atoms with Crippen molar-refractivity contribution in [3.05, 3.63) is 29.8 Å². The molecule has 0 saturated carbocycles. The van der Waals surface area contributed by atoms with Gasteiger partial charge in [-0.05, 0) is 24.1 Å². The third-order valence-electron chi connectivity index (χ3n) is 1.98. The highest BCUT2D eigenvalue weighted by molar-refractivity contribution is 5.61. The lowest BCUT2D eigenvalue weighted by Gasteiger charge is -2.13. The molecule has 0 saturated heterocycles. The molecule has 6 heteroatoms. The number of aliphatic hydroxyl groups is 2. The lowest BCUT2D eigenvalue weighted by Crippen LogP contribution is -2.36. The summed E-state index contributed by atoms with van der Waals surface area (Å²) in [5, 5.41) is 25.9. The molecule has 0 aromatic heterocycles. The highest BCUT2D eigenvalue weighted by Gasteiger charge is 2.11. The van der Waals surface area contributed by atoms with Crippen molar-refractivity contribution in [2.75, 3.05) is 0 Å². The molecule has 0 radical (unpaired) electrons. The van der Waals surface area contributed by atoms with Gasteiger partial charge in [0.15, 0.2) is 6.29 Å². The fraction of sp³-hybridized carbons (Fsp3) is 0.300. The van der Waals surface area contributed by atoms with Gasteiger partial charge in [0.2, 0.25) is 0 Å². The number of hydrogen-bond donors (Lipinski definition) is 4. The molecule has 1 aromatic rings. The van der Waals surface area contributed by atoms with Crippen molar-refractivity contribution >= 4 is 6.16 Å². The number of benzene rings is 1. The van der Waals surface area contributed by atoms with E-state index in [-0.39, 0.29) is 12.2 Å². The van der Waals surface area contributed by atoms with Gasteiger partial charge in [-0.1, -0.05) is 12.1 Å². The molecule has 0 aliphatic carbocycles. The number of rotatable bonds is 4. The Morgan fingerprint density at radius 2 is 1.88 bits per heavy atom. The Balaban J connectivity index is 2.61. The number of carboxylic acid groups (broad SMARTS) is 1. The molecule has 0 aliphatic heterocycles. The second kappa shape index (κ2) is 5.45. The average Bonchev–Trinajstić information content (AvgIpc) is 2.20. The van der Waals surface area contributed by atoms with Gasteiger partial charge < -0.3 is 25.8 Å². The third kappa shape index (κ3) is 3.85. The zero-order chi connectivity index (χ0) is 12.1. The predicted molar refractivity (Wildman–Crippen MR) is 55.0 cm³/mol. The summed E-state index contributed by atoms with van der Waals surface area (Å²) in [5.74, 6) is 0.203. The van der Waals surface area contributed by atoms with E-state index in [4.69, 9.17) is 21.1 Å². The second-order valence-corrected chi connectivity index (χ2v) is 3.29. The van der Waals surface area contributed by atoms with Gasteiger partial charge in [0.05, 0.1) is 6.04 Å². The summed E-state index contributed by atoms with van der Waals surface area (Å²) < 4.78 is 4.41. The normalized spacial score (nSPS) is 12.5. The summed E-state index contributed by atoms with van der Waals surface area (Å²) in [6.07, 6.45) is -2.67. The van der Waals surface area contributed by atoms with E-state index in [1.165, 1.54) is 12.1 Å². The minimum atomic E-state index is -1.57. The standard InChI is InChI=1S/C10H13NO5/c11-8(9(12)13)5-6-1-3-7(4-2-6)16-10(14)15/h1-4,8-9,12-13H,5,11H2,(H,14,15)/t8-/m0/s1. The minimum Gasteiger partial charge on any atom is -0.449 e. The Bertz CT molecular complexity index is 349. The number of carbonyl (C=O) groups is 1. The SMILES string of the molecule is N[C@@H](Cc1ccc(OC(=O)O)cc1)C(O)O. The van der Waals surface area contributed by atoms with Crippen LogP contribution in [0.2, 0.25) is 0 Å². The number of aliphatic hydroxyl groups excluding tert-OH is 1. The monoisotopic (exact) mass is 227 g/mol. The molecule has 0 spiro atoms. The molecule has 1 rings (SSSR count). The summed E-state index contributed by atoms with van der Waals surface area (Å²) in [7, 11) is 0. The Morgan fingerprint density at radius 3 is 2.31 bits per heavy atom. The average molecular weight is 227 g/mol. The van der Waals surface area contributed by atoms with Crippen LogP contribution in [-0.2, 0) is 6.42 Å². The van der Waals surface area contributed by atoms with E-state index < -0.39 is 18.5 Å². The Labute approximate surface area is 91.9 Å². The molecule has 0 amide bonds. The van der Waals surface area contributed by atoms with Crippen LogP contribution in [0, 0.1) is 0 Å². The first-order valence-corrected chi connectivity index (χ1v) is 4.60. The van der Waals surface area contributed by atoms with Crippen LogP contribution >= 0.6 is 0 Å². The van der Waals surface area contributed by atoms with Gasteiger partial charge in [0.1, 0.15) is 5.75 Å². The minimum absolute atomic E-state index is 0.203. The zero-order valence-electron chi connectivity index (χ0n) is 8.41. The summed E-state index contributed by atoms with van der Waals surface area (Å²) in [5.41, 5.74) is 6.20. The zero-order valence-corrected chi connectivity index (χ0v) is 8.41. The molecule has 88 valence electrons. The molecular formula is C10H13NO5. The number of hydrogen-bond acceptors (Lipinski definition) is 5. The first-order valence-electron chi connectivity index (χ1n) is 4.60. The lowest BCUT2D eigenvalue weighted by molar-refractivity contribution is -0.0577. The van der Waals surface area contributed by atoms with Crippen LogP contribution in [-0.4, -0.2) is 33.8 Å². The van der Waals surface area contributed by atoms with Crippen LogP contribution < -0.4 is 10.5 Å². The van der Waals surface area contributed by atoms with Crippen LogP contribution in [0.25, 0.3) is 0 Å². The van der Waals surface area contributed by atoms with Crippen LogP contribution in [0.4, 0.5) is 4.79 Å². The summed E-state index contributed by atoms with van der Waals surface area (Å²) in [4.78, 5) is 10.2. The van der Waals surface area contributed by atoms with Crippen molar-refractivity contribution in [2.24, 2.45) is 5.73 Å². The number of nitrogens with two attached hydrogens (primary N) is 1. The van der Waals surface area contributed by atoms with Crippen molar-refractivity contribution in [3.8, 4) is 5.75 Å². The van der Waals surface area contributed by atoms with Crippen molar-refractivity contribution in [1.29, 1.82) is 0 Å². The van der Waals surface area contributed by atoms with Gasteiger partial charge in [-0.2, -0.15) is 0 Å². The molecule has 1 atom stereocenters. The molecule has 5 N–H and O–H groups in total. The van der Waals surface area contributed by atoms with Gasteiger partial charge in [-0.25, -0.2) is 4.79 Å². The smallest absolute Gasteiger partial charge is 0.449 e. The predicted octanol–water partition coefficient (Wildman–Crippen LogP) is -0.0761. The quantitative estimate of drug-likeness (QED) is 0.325. The van der Waals surface area contributed by atoms with Crippen LogP contribution in [0.15, 0.2) is 24.3 Å². The van der Waals surface area contributed by atoms with Crippen LogP contribution in [0.3, 0.4) is 0 Å². The molecule has 0 heterocycles. The van der Waals surface area contributed by atoms with E-state index in [0.717, 1.165) is 5.56 Å². The fourth-order valence-corrected chi connectivity index (χ4v) is 1.17. The molecule has 1 aromatic carbocycles. The largest absolute Gasteiger partial charge is 0.511 e. The van der Waals surface area contributed by atoms with Gasteiger partial charge in [-0.15, -0.1) is 0 Å². The van der Waals surface area contributed by atoms with Crippen molar-refractivity contribution in [2.45, 2.75) is 18.8 Å². The maximum atomic E-state index is 10.2. The first kappa shape index (κ1) is 12.4. The number of ether oxygens (including phenoxy) is 1. The Hall–Kier alpha value is -1.63. The van der Waals surface area contributed by atoms with Gasteiger partial charge in [0.25, 0.3) is 0 Å². The maximum absolute atomic E-state index is 10.2. The topological polar surface area (TPSA) is 113 Å². The Morgan fingerprint density at radius 1 is 1.31 bits per heavy atom. The van der Waals surface area contributed by atoms with E-state index in [0.29, 0.717) is 0 Å². The highest BCUT2D eigenvalue weighted by Crippen LogP contribution is 2.13. The molecule has 0 unspecified atom stereocenters. The summed E-state index contributed by atoms with van der Waals surface area (Å²) >= 11 is 0. The van der Waals surface area contributed by atoms with Crippen molar-refractivity contribution in [1.82, 2.24) is 0 Å². The highest BCUT2D eigenvalue weighted by atomic mass is 16.7. The van der Waals surface area contributed by atoms with E-state index in [9.17, 15) is 4.79 Å². The molecule has 16 heavy (non-hydrogen) atoms. The van der Waals surface area contributed by atoms with E-state index in [1.54, 1.807) is 12.1 Å². The maximum Gasteiger partial charge on any atom is 0.511 e. The molecular weight excluding hydrogens is 214 g/mol. The Kier molecular flexibility index (Phi) is 4.24. The van der Waals surface area contributed by atoms with Crippen LogP contribution in [0.1, 0.15) is 5.56 Å². The van der Waals surface area contributed by atoms with Gasteiger partial charge >= 0.3 is 6.16 Å². The third-order valence-corrected chi connectivity index (χ3v) is 1.98. The van der Waals surface area contributed by atoms with Crippen molar-refractivity contribution < 1.29 is 24.9 Å². The second-order valence-electron chi connectivity index (χ2n) is 3.29. The van der Waals surface area contributed by atoms with Gasteiger partial charge in [0, 0.05) is 0 Å². The molecule has 0 fully saturated rings. The first-order chi connectivity index (χ1) is 7.49. The molecule has 0 bridgehead atoms. The van der Waals surface area contributed by atoms with E-state index in [2.05, 4.69) is 4.74 Å². The van der Waals surface area contributed by atoms with Crippen molar-refractivity contribution in [3.63, 3.8) is 0 Å². The summed E-state index contributed by atoms with van der Waals surface area (Å²) in [6, 6.07) is 5.40. The van der Waals surface area contributed by atoms with E-state index >= 15 is 0 Å².